The first-order chi connectivity index (χ1) is 11.1. The SMILES string of the molecule is CCCCN(CCO)CC(C)/C=C(\C#N)C(=O)OCCOCC. The van der Waals surface area contributed by atoms with E-state index in [0.717, 1.165) is 19.4 Å². The third kappa shape index (κ3) is 10.9. The Kier molecular flexibility index (Phi) is 13.3. The highest BCUT2D eigenvalue weighted by molar-refractivity contribution is 5.92. The lowest BCUT2D eigenvalue weighted by molar-refractivity contribution is -0.140. The maximum atomic E-state index is 11.8. The van der Waals surface area contributed by atoms with Gasteiger partial charge in [0.15, 0.2) is 0 Å². The van der Waals surface area contributed by atoms with E-state index in [2.05, 4.69) is 11.8 Å². The van der Waals surface area contributed by atoms with Crippen LogP contribution < -0.4 is 0 Å². The molecule has 0 radical (unpaired) electrons. The van der Waals surface area contributed by atoms with Gasteiger partial charge in [0.05, 0.1) is 13.2 Å². The van der Waals surface area contributed by atoms with Crippen LogP contribution in [0.4, 0.5) is 0 Å². The zero-order chi connectivity index (χ0) is 17.5. The second-order valence-corrected chi connectivity index (χ2v) is 5.38. The third-order valence-corrected chi connectivity index (χ3v) is 3.25. The van der Waals surface area contributed by atoms with E-state index in [1.807, 2.05) is 19.9 Å². The van der Waals surface area contributed by atoms with E-state index in [1.165, 1.54) is 0 Å². The summed E-state index contributed by atoms with van der Waals surface area (Å²) in [5, 5.41) is 18.2. The van der Waals surface area contributed by atoms with Gasteiger partial charge in [-0.15, -0.1) is 0 Å². The van der Waals surface area contributed by atoms with Crippen LogP contribution in [0.25, 0.3) is 0 Å². The Bertz CT molecular complexity index is 391. The van der Waals surface area contributed by atoms with Gasteiger partial charge in [0.25, 0.3) is 0 Å². The summed E-state index contributed by atoms with van der Waals surface area (Å²) in [4.78, 5) is 14.0. The predicted molar refractivity (Wildman–Crippen MR) is 88.7 cm³/mol. The Morgan fingerprint density at radius 1 is 1.35 bits per heavy atom. The van der Waals surface area contributed by atoms with Crippen LogP contribution in [0, 0.1) is 17.2 Å². The lowest BCUT2D eigenvalue weighted by Gasteiger charge is -2.23. The predicted octanol–water partition coefficient (Wildman–Crippen LogP) is 1.75. The van der Waals surface area contributed by atoms with Gasteiger partial charge in [-0.25, -0.2) is 4.79 Å². The number of ether oxygens (including phenoxy) is 2. The Morgan fingerprint density at radius 2 is 2.09 bits per heavy atom. The van der Waals surface area contributed by atoms with Crippen molar-refractivity contribution in [2.45, 2.75) is 33.6 Å². The first-order valence-electron chi connectivity index (χ1n) is 8.28. The van der Waals surface area contributed by atoms with Gasteiger partial charge in [-0.2, -0.15) is 5.26 Å². The van der Waals surface area contributed by atoms with E-state index in [0.29, 0.717) is 26.3 Å². The standard InChI is InChI=1S/C17H30N2O4/c1-4-6-7-19(8-9-20)14-15(3)12-16(13-18)17(21)23-11-10-22-5-2/h12,15,20H,4-11,14H2,1-3H3/b16-12+. The van der Waals surface area contributed by atoms with Crippen molar-refractivity contribution in [3.63, 3.8) is 0 Å². The maximum Gasteiger partial charge on any atom is 0.348 e. The number of rotatable bonds is 13. The Morgan fingerprint density at radius 3 is 2.65 bits per heavy atom. The van der Waals surface area contributed by atoms with Gasteiger partial charge in [0.1, 0.15) is 18.2 Å². The van der Waals surface area contributed by atoms with Gasteiger partial charge in [0, 0.05) is 19.7 Å². The summed E-state index contributed by atoms with van der Waals surface area (Å²) in [5.74, 6) is -0.589. The van der Waals surface area contributed by atoms with E-state index < -0.39 is 5.97 Å². The molecular formula is C17H30N2O4. The Hall–Kier alpha value is -1.42. The van der Waals surface area contributed by atoms with Crippen molar-refractivity contribution >= 4 is 5.97 Å². The zero-order valence-electron chi connectivity index (χ0n) is 14.6. The number of carbonyl (C=O) groups excluding carboxylic acids is 1. The summed E-state index contributed by atoms with van der Waals surface area (Å²) in [5.41, 5.74) is 0.0217. The molecule has 6 nitrogen and oxygen atoms in total. The van der Waals surface area contributed by atoms with Crippen LogP contribution in [-0.2, 0) is 14.3 Å². The fourth-order valence-corrected chi connectivity index (χ4v) is 2.13. The van der Waals surface area contributed by atoms with Crippen molar-refractivity contribution in [3.05, 3.63) is 11.6 Å². The second-order valence-electron chi connectivity index (χ2n) is 5.38. The molecule has 23 heavy (non-hydrogen) atoms. The van der Waals surface area contributed by atoms with Crippen LogP contribution >= 0.6 is 0 Å². The van der Waals surface area contributed by atoms with Crippen molar-refractivity contribution < 1.29 is 19.4 Å². The second kappa shape index (κ2) is 14.2. The van der Waals surface area contributed by atoms with Gasteiger partial charge in [-0.3, -0.25) is 0 Å². The molecule has 0 saturated heterocycles. The average Bonchev–Trinajstić information content (AvgIpc) is 2.54. The molecule has 0 spiro atoms. The molecule has 0 aromatic heterocycles. The molecule has 0 amide bonds. The number of hydrogen-bond donors (Lipinski definition) is 1. The molecule has 6 heteroatoms. The molecular weight excluding hydrogens is 296 g/mol. The minimum Gasteiger partial charge on any atom is -0.459 e. The smallest absolute Gasteiger partial charge is 0.348 e. The summed E-state index contributed by atoms with van der Waals surface area (Å²) in [6, 6.07) is 1.90. The lowest BCUT2D eigenvalue weighted by Crippen LogP contribution is -2.32. The van der Waals surface area contributed by atoms with Crippen molar-refractivity contribution in [2.75, 3.05) is 46.1 Å². The van der Waals surface area contributed by atoms with Crippen LogP contribution in [0.5, 0.6) is 0 Å². The number of esters is 1. The van der Waals surface area contributed by atoms with Gasteiger partial charge in [-0.1, -0.05) is 26.3 Å². The van der Waals surface area contributed by atoms with Crippen molar-refractivity contribution in [3.8, 4) is 6.07 Å². The minimum absolute atomic E-state index is 0.0208. The number of carbonyl (C=O) groups is 1. The molecule has 1 N–H and O–H groups in total. The number of nitriles is 1. The monoisotopic (exact) mass is 326 g/mol. The number of aliphatic hydroxyl groups is 1. The van der Waals surface area contributed by atoms with Gasteiger partial charge >= 0.3 is 5.97 Å². The summed E-state index contributed by atoms with van der Waals surface area (Å²) in [6.07, 6.45) is 3.78. The Balaban J connectivity index is 4.50. The fourth-order valence-electron chi connectivity index (χ4n) is 2.13. The largest absolute Gasteiger partial charge is 0.459 e. The maximum absolute atomic E-state index is 11.8. The number of aliphatic hydroxyl groups excluding tert-OH is 1. The molecule has 1 atom stereocenters. The molecule has 0 rings (SSSR count). The molecule has 1 unspecified atom stereocenters. The van der Waals surface area contributed by atoms with E-state index >= 15 is 0 Å². The van der Waals surface area contributed by atoms with Crippen LogP contribution in [0.1, 0.15) is 33.6 Å². The summed E-state index contributed by atoms with van der Waals surface area (Å²) in [7, 11) is 0. The van der Waals surface area contributed by atoms with Crippen LogP contribution in [0.3, 0.4) is 0 Å². The number of unbranched alkanes of at least 4 members (excludes halogenated alkanes) is 1. The highest BCUT2D eigenvalue weighted by Crippen LogP contribution is 2.08. The van der Waals surface area contributed by atoms with Gasteiger partial charge in [-0.05, 0) is 25.8 Å². The molecule has 0 bridgehead atoms. The van der Waals surface area contributed by atoms with E-state index in [9.17, 15) is 4.79 Å². The highest BCUT2D eigenvalue weighted by Gasteiger charge is 2.14. The molecule has 0 aromatic rings. The number of hydrogen-bond acceptors (Lipinski definition) is 6. The lowest BCUT2D eigenvalue weighted by atomic mass is 10.1. The summed E-state index contributed by atoms with van der Waals surface area (Å²) < 4.78 is 10.1. The van der Waals surface area contributed by atoms with Gasteiger partial charge < -0.3 is 19.5 Å². The topological polar surface area (TPSA) is 82.8 Å². The molecule has 0 heterocycles. The van der Waals surface area contributed by atoms with Crippen LogP contribution in [-0.4, -0.2) is 62.0 Å². The van der Waals surface area contributed by atoms with Crippen molar-refractivity contribution in [2.24, 2.45) is 5.92 Å². The van der Waals surface area contributed by atoms with E-state index in [1.54, 1.807) is 6.08 Å². The van der Waals surface area contributed by atoms with Crippen LogP contribution in [0.2, 0.25) is 0 Å². The van der Waals surface area contributed by atoms with E-state index in [4.69, 9.17) is 19.8 Å². The first-order valence-corrected chi connectivity index (χ1v) is 8.28. The fraction of sp³-hybridized carbons (Fsp3) is 0.765. The summed E-state index contributed by atoms with van der Waals surface area (Å²) in [6.45, 7) is 9.25. The van der Waals surface area contributed by atoms with Crippen molar-refractivity contribution in [1.29, 1.82) is 5.26 Å². The molecule has 0 aromatic carbocycles. The molecule has 0 fully saturated rings. The van der Waals surface area contributed by atoms with E-state index in [-0.39, 0.29) is 24.7 Å². The van der Waals surface area contributed by atoms with Gasteiger partial charge in [0.2, 0.25) is 0 Å². The zero-order valence-corrected chi connectivity index (χ0v) is 14.6. The highest BCUT2D eigenvalue weighted by atomic mass is 16.6. The third-order valence-electron chi connectivity index (χ3n) is 3.25. The number of nitrogens with zero attached hydrogens (tertiary/aromatic N) is 2. The molecule has 0 aliphatic heterocycles. The average molecular weight is 326 g/mol. The van der Waals surface area contributed by atoms with Crippen molar-refractivity contribution in [1.82, 2.24) is 4.90 Å². The normalized spacial score (nSPS) is 13.0. The summed E-state index contributed by atoms with van der Waals surface area (Å²) >= 11 is 0. The quantitative estimate of drug-likeness (QED) is 0.240. The Labute approximate surface area is 139 Å². The minimum atomic E-state index is -0.610. The first kappa shape index (κ1) is 21.6. The molecule has 0 aliphatic rings. The molecule has 0 saturated carbocycles. The molecule has 132 valence electrons. The van der Waals surface area contributed by atoms with Crippen LogP contribution in [0.15, 0.2) is 11.6 Å². The molecule has 0 aliphatic carbocycles.